The van der Waals surface area contributed by atoms with E-state index in [1.807, 2.05) is 20.8 Å². The number of rotatable bonds is 6. The SMILES string of the molecule is CCC(C)(C)c1ccc(S(=O)(=O)N(O)C(=O)[C@@H](N)[C@@H](C)O)cc1. The van der Waals surface area contributed by atoms with E-state index in [2.05, 4.69) is 0 Å². The van der Waals surface area contributed by atoms with Crippen LogP contribution in [0.25, 0.3) is 0 Å². The highest BCUT2D eigenvalue weighted by molar-refractivity contribution is 7.89. The molecule has 1 amide bonds. The molecule has 0 aliphatic rings. The largest absolute Gasteiger partial charge is 0.391 e. The number of aliphatic hydroxyl groups is 1. The van der Waals surface area contributed by atoms with Gasteiger partial charge in [0.15, 0.2) is 0 Å². The lowest BCUT2D eigenvalue weighted by molar-refractivity contribution is -0.149. The fraction of sp³-hybridized carbons (Fsp3) is 0.533. The number of benzene rings is 1. The minimum atomic E-state index is -4.44. The van der Waals surface area contributed by atoms with Gasteiger partial charge in [0, 0.05) is 0 Å². The summed E-state index contributed by atoms with van der Waals surface area (Å²) in [6.07, 6.45) is -0.424. The molecule has 23 heavy (non-hydrogen) atoms. The summed E-state index contributed by atoms with van der Waals surface area (Å²) in [6, 6.07) is 4.40. The van der Waals surface area contributed by atoms with E-state index in [-0.39, 0.29) is 10.3 Å². The summed E-state index contributed by atoms with van der Waals surface area (Å²) in [6.45, 7) is 7.31. The molecule has 1 aromatic carbocycles. The molecule has 0 saturated heterocycles. The molecule has 0 heterocycles. The molecule has 2 atom stereocenters. The van der Waals surface area contributed by atoms with Crippen LogP contribution in [-0.4, -0.2) is 41.3 Å². The van der Waals surface area contributed by atoms with Gasteiger partial charge >= 0.3 is 0 Å². The first-order valence-corrected chi connectivity index (χ1v) is 8.71. The number of hydroxylamine groups is 1. The molecule has 4 N–H and O–H groups in total. The summed E-state index contributed by atoms with van der Waals surface area (Å²) in [5, 5.41) is 18.9. The first-order chi connectivity index (χ1) is 10.4. The topological polar surface area (TPSA) is 121 Å². The van der Waals surface area contributed by atoms with Gasteiger partial charge in [0.2, 0.25) is 0 Å². The second kappa shape index (κ2) is 6.96. The maximum absolute atomic E-state index is 12.2. The zero-order chi connectivity index (χ0) is 18.0. The number of sulfonamides is 1. The Labute approximate surface area is 136 Å². The van der Waals surface area contributed by atoms with E-state index < -0.39 is 32.5 Å². The number of nitrogens with zero attached hydrogens (tertiary/aromatic N) is 1. The number of hydrogen-bond acceptors (Lipinski definition) is 6. The Morgan fingerprint density at radius 2 is 1.78 bits per heavy atom. The van der Waals surface area contributed by atoms with E-state index in [1.165, 1.54) is 19.1 Å². The summed E-state index contributed by atoms with van der Waals surface area (Å²) < 4.78 is 24.1. The van der Waals surface area contributed by atoms with Crippen LogP contribution in [0.1, 0.15) is 39.7 Å². The molecule has 1 aromatic rings. The molecule has 0 spiro atoms. The molecular weight excluding hydrogens is 320 g/mol. The van der Waals surface area contributed by atoms with Crippen LogP contribution in [-0.2, 0) is 20.2 Å². The molecule has 7 nitrogen and oxygen atoms in total. The molecule has 0 aliphatic heterocycles. The van der Waals surface area contributed by atoms with Crippen LogP contribution in [0.15, 0.2) is 29.2 Å². The molecule has 8 heteroatoms. The molecule has 0 bridgehead atoms. The van der Waals surface area contributed by atoms with Crippen LogP contribution in [0.4, 0.5) is 0 Å². The van der Waals surface area contributed by atoms with Gasteiger partial charge in [-0.2, -0.15) is 8.42 Å². The van der Waals surface area contributed by atoms with Crippen molar-refractivity contribution in [3.63, 3.8) is 0 Å². The van der Waals surface area contributed by atoms with Crippen molar-refractivity contribution >= 4 is 15.9 Å². The van der Waals surface area contributed by atoms with Gasteiger partial charge in [-0.3, -0.25) is 10.0 Å². The Morgan fingerprint density at radius 1 is 1.30 bits per heavy atom. The predicted octanol–water partition coefficient (Wildman–Crippen LogP) is 0.989. The van der Waals surface area contributed by atoms with Gasteiger partial charge in [-0.05, 0) is 36.5 Å². The summed E-state index contributed by atoms with van der Waals surface area (Å²) in [4.78, 5) is 11.6. The lowest BCUT2D eigenvalue weighted by Gasteiger charge is -2.24. The third-order valence-corrected chi connectivity index (χ3v) is 5.54. The number of nitrogens with two attached hydrogens (primary N) is 1. The van der Waals surface area contributed by atoms with Crippen LogP contribution in [0.2, 0.25) is 0 Å². The van der Waals surface area contributed by atoms with Crippen molar-refractivity contribution in [2.45, 2.75) is 56.6 Å². The van der Waals surface area contributed by atoms with E-state index in [0.29, 0.717) is 0 Å². The average Bonchev–Trinajstić information content (AvgIpc) is 2.52. The zero-order valence-electron chi connectivity index (χ0n) is 13.7. The van der Waals surface area contributed by atoms with Crippen LogP contribution in [0.3, 0.4) is 0 Å². The van der Waals surface area contributed by atoms with Crippen LogP contribution in [0, 0.1) is 0 Å². The summed E-state index contributed by atoms with van der Waals surface area (Å²) in [5.74, 6) is -1.29. The van der Waals surface area contributed by atoms with E-state index >= 15 is 0 Å². The second-order valence-corrected chi connectivity index (χ2v) is 7.88. The minimum absolute atomic E-state index is 0.119. The van der Waals surface area contributed by atoms with Crippen LogP contribution < -0.4 is 5.73 Å². The van der Waals surface area contributed by atoms with Crippen molar-refractivity contribution < 1.29 is 23.5 Å². The minimum Gasteiger partial charge on any atom is -0.391 e. The maximum atomic E-state index is 12.2. The van der Waals surface area contributed by atoms with Crippen molar-refractivity contribution in [1.29, 1.82) is 0 Å². The summed E-state index contributed by atoms with van der Waals surface area (Å²) >= 11 is 0. The number of carbonyl (C=O) groups is 1. The third-order valence-electron chi connectivity index (χ3n) is 4.04. The van der Waals surface area contributed by atoms with E-state index in [9.17, 15) is 23.5 Å². The monoisotopic (exact) mass is 344 g/mol. The Bertz CT molecular complexity index is 653. The molecule has 0 aliphatic carbocycles. The lowest BCUT2D eigenvalue weighted by Crippen LogP contribution is -2.49. The molecule has 1 rings (SSSR count). The Hall–Kier alpha value is -1.48. The molecule has 130 valence electrons. The molecule has 0 aromatic heterocycles. The number of hydrogen-bond donors (Lipinski definition) is 3. The number of carbonyl (C=O) groups excluding carboxylic acids is 1. The first-order valence-electron chi connectivity index (χ1n) is 7.27. The second-order valence-electron chi connectivity index (χ2n) is 6.11. The molecule has 0 radical (unpaired) electrons. The number of aliphatic hydroxyl groups excluding tert-OH is 1. The fourth-order valence-electron chi connectivity index (χ4n) is 1.83. The normalized spacial score (nSPS) is 15.1. The van der Waals surface area contributed by atoms with Gasteiger partial charge in [-0.25, -0.2) is 0 Å². The van der Waals surface area contributed by atoms with Crippen molar-refractivity contribution in [3.05, 3.63) is 29.8 Å². The van der Waals surface area contributed by atoms with Crippen molar-refractivity contribution in [1.82, 2.24) is 4.47 Å². The van der Waals surface area contributed by atoms with Crippen molar-refractivity contribution in [3.8, 4) is 0 Å². The van der Waals surface area contributed by atoms with Crippen molar-refractivity contribution in [2.24, 2.45) is 5.73 Å². The van der Waals surface area contributed by atoms with Crippen LogP contribution in [0.5, 0.6) is 0 Å². The third kappa shape index (κ3) is 4.08. The highest BCUT2D eigenvalue weighted by Gasteiger charge is 2.33. The first kappa shape index (κ1) is 19.6. The molecular formula is C15H24N2O5S. The van der Waals surface area contributed by atoms with Gasteiger partial charge in [0.05, 0.1) is 11.0 Å². The average molecular weight is 344 g/mol. The van der Waals surface area contributed by atoms with Gasteiger partial charge in [-0.1, -0.05) is 32.9 Å². The fourth-order valence-corrected chi connectivity index (χ4v) is 2.87. The van der Waals surface area contributed by atoms with E-state index in [0.717, 1.165) is 12.0 Å². The molecule has 0 fully saturated rings. The predicted molar refractivity (Wildman–Crippen MR) is 85.2 cm³/mol. The van der Waals surface area contributed by atoms with Crippen molar-refractivity contribution in [2.75, 3.05) is 0 Å². The Morgan fingerprint density at radius 3 is 2.17 bits per heavy atom. The van der Waals surface area contributed by atoms with Gasteiger partial charge in [0.1, 0.15) is 6.04 Å². The maximum Gasteiger partial charge on any atom is 0.289 e. The molecule has 0 saturated carbocycles. The highest BCUT2D eigenvalue weighted by atomic mass is 32.2. The van der Waals surface area contributed by atoms with Gasteiger partial charge in [0.25, 0.3) is 15.9 Å². The van der Waals surface area contributed by atoms with E-state index in [1.54, 1.807) is 12.1 Å². The van der Waals surface area contributed by atoms with Gasteiger partial charge in [-0.15, -0.1) is 4.47 Å². The lowest BCUT2D eigenvalue weighted by atomic mass is 9.82. The molecule has 0 unspecified atom stereocenters. The summed E-state index contributed by atoms with van der Waals surface area (Å²) in [5.41, 5.74) is 6.19. The van der Waals surface area contributed by atoms with Gasteiger partial charge < -0.3 is 10.8 Å². The van der Waals surface area contributed by atoms with E-state index in [4.69, 9.17) is 5.73 Å². The summed E-state index contributed by atoms with van der Waals surface area (Å²) in [7, 11) is -4.44. The smallest absolute Gasteiger partial charge is 0.289 e. The highest BCUT2D eigenvalue weighted by Crippen LogP contribution is 2.28. The van der Waals surface area contributed by atoms with Crippen LogP contribution >= 0.6 is 0 Å². The quantitative estimate of drug-likeness (QED) is 0.523. The standard InChI is InChI=1S/C15H24N2O5S/c1-5-15(3,4)11-6-8-12(9-7-11)23(21,22)17(20)14(19)13(16)10(2)18/h6-10,13,18,20H,5,16H2,1-4H3/t10-,13+/m1/s1. The Balaban J connectivity index is 3.12. The number of amides is 1. The Kier molecular flexibility index (Phi) is 5.92. The zero-order valence-corrected chi connectivity index (χ0v) is 14.5.